The van der Waals surface area contributed by atoms with E-state index in [0.29, 0.717) is 5.69 Å². The Morgan fingerprint density at radius 2 is 1.74 bits per heavy atom. The Morgan fingerprint density at radius 1 is 1.11 bits per heavy atom. The van der Waals surface area contributed by atoms with Gasteiger partial charge >= 0.3 is 0 Å². The van der Waals surface area contributed by atoms with E-state index in [1.165, 1.54) is 12.1 Å². The number of amides is 1. The normalized spacial score (nSPS) is 10.3. The maximum atomic E-state index is 13.6. The van der Waals surface area contributed by atoms with Gasteiger partial charge in [-0.15, -0.1) is 0 Å². The number of carbonyl (C=O) groups excluding carboxylic acids is 1. The third-order valence-corrected chi connectivity index (χ3v) is 3.43. The van der Waals surface area contributed by atoms with E-state index in [-0.39, 0.29) is 5.56 Å². The van der Waals surface area contributed by atoms with Crippen LogP contribution in [0.5, 0.6) is 0 Å². The molecule has 1 N–H and O–H groups in total. The van der Waals surface area contributed by atoms with Gasteiger partial charge in [0.25, 0.3) is 5.91 Å². The van der Waals surface area contributed by atoms with Gasteiger partial charge in [-0.2, -0.15) is 0 Å². The van der Waals surface area contributed by atoms with Crippen molar-refractivity contribution in [2.24, 2.45) is 0 Å². The summed E-state index contributed by atoms with van der Waals surface area (Å²) < 4.78 is 14.4. The first-order valence-corrected chi connectivity index (χ1v) is 6.60. The largest absolute Gasteiger partial charge is 0.321 e. The van der Waals surface area contributed by atoms with Crippen molar-refractivity contribution < 1.29 is 9.18 Å². The fourth-order valence-corrected chi connectivity index (χ4v) is 2.08. The van der Waals surface area contributed by atoms with E-state index in [1.807, 2.05) is 32.0 Å². The molecule has 0 heterocycles. The highest BCUT2D eigenvalue weighted by molar-refractivity contribution is 9.10. The third-order valence-electron chi connectivity index (χ3n) is 2.74. The van der Waals surface area contributed by atoms with Gasteiger partial charge in [0.1, 0.15) is 5.82 Å². The second-order valence-corrected chi connectivity index (χ2v) is 5.28. The van der Waals surface area contributed by atoms with Gasteiger partial charge in [-0.05, 0) is 59.6 Å². The number of anilines is 1. The Morgan fingerprint density at radius 3 is 2.47 bits per heavy atom. The van der Waals surface area contributed by atoms with Crippen LogP contribution in [0.2, 0.25) is 0 Å². The molecule has 98 valence electrons. The summed E-state index contributed by atoms with van der Waals surface area (Å²) in [5, 5.41) is 2.71. The van der Waals surface area contributed by atoms with Crippen LogP contribution < -0.4 is 5.32 Å². The maximum Gasteiger partial charge on any atom is 0.258 e. The minimum absolute atomic E-state index is 0.0495. The molecule has 0 saturated carbocycles. The van der Waals surface area contributed by atoms with E-state index in [1.54, 1.807) is 6.07 Å². The standard InChI is InChI=1S/C15H13BrFNO/c1-9-4-6-13(17)11(7-9)15(19)18-14-8-10(2)3-5-12(14)16/h3-8H,1-2H3,(H,18,19). The second-order valence-electron chi connectivity index (χ2n) is 4.42. The van der Waals surface area contributed by atoms with Crippen LogP contribution in [0.1, 0.15) is 21.5 Å². The lowest BCUT2D eigenvalue weighted by molar-refractivity contribution is 0.102. The minimum atomic E-state index is -0.521. The number of nitrogens with one attached hydrogen (secondary N) is 1. The summed E-state index contributed by atoms with van der Waals surface area (Å²) in [5.74, 6) is -0.973. The van der Waals surface area contributed by atoms with Gasteiger partial charge in [0.2, 0.25) is 0 Å². The van der Waals surface area contributed by atoms with Crippen LogP contribution in [0.15, 0.2) is 40.9 Å². The minimum Gasteiger partial charge on any atom is -0.321 e. The van der Waals surface area contributed by atoms with Gasteiger partial charge in [-0.25, -0.2) is 4.39 Å². The lowest BCUT2D eigenvalue weighted by atomic mass is 10.1. The van der Waals surface area contributed by atoms with Crippen molar-refractivity contribution >= 4 is 27.5 Å². The molecule has 2 rings (SSSR count). The molecule has 4 heteroatoms. The average molecular weight is 322 g/mol. The first-order chi connectivity index (χ1) is 8.97. The molecule has 0 bridgehead atoms. The summed E-state index contributed by atoms with van der Waals surface area (Å²) in [7, 11) is 0. The van der Waals surface area contributed by atoms with E-state index in [2.05, 4.69) is 21.2 Å². The number of benzene rings is 2. The van der Waals surface area contributed by atoms with Gasteiger partial charge in [0, 0.05) is 4.47 Å². The topological polar surface area (TPSA) is 29.1 Å². The molecule has 0 saturated heterocycles. The van der Waals surface area contributed by atoms with Crippen molar-refractivity contribution in [2.75, 3.05) is 5.32 Å². The van der Waals surface area contributed by atoms with Gasteiger partial charge in [0.15, 0.2) is 0 Å². The summed E-state index contributed by atoms with van der Waals surface area (Å²) in [6, 6.07) is 10.1. The van der Waals surface area contributed by atoms with Crippen molar-refractivity contribution in [3.05, 3.63) is 63.4 Å². The summed E-state index contributed by atoms with van der Waals surface area (Å²) in [6.07, 6.45) is 0. The molecule has 2 aromatic carbocycles. The second kappa shape index (κ2) is 5.53. The number of halogens is 2. The summed E-state index contributed by atoms with van der Waals surface area (Å²) in [5.41, 5.74) is 2.54. The summed E-state index contributed by atoms with van der Waals surface area (Å²) >= 11 is 3.36. The molecule has 0 fully saturated rings. The van der Waals surface area contributed by atoms with E-state index in [9.17, 15) is 9.18 Å². The Balaban J connectivity index is 2.30. The zero-order valence-electron chi connectivity index (χ0n) is 10.6. The van der Waals surface area contributed by atoms with Gasteiger partial charge < -0.3 is 5.32 Å². The van der Waals surface area contributed by atoms with Gasteiger partial charge in [-0.1, -0.05) is 17.7 Å². The van der Waals surface area contributed by atoms with E-state index >= 15 is 0 Å². The van der Waals surface area contributed by atoms with Crippen molar-refractivity contribution in [2.45, 2.75) is 13.8 Å². The molecule has 0 atom stereocenters. The number of hydrogen-bond acceptors (Lipinski definition) is 1. The Labute approximate surface area is 119 Å². The molecule has 0 unspecified atom stereocenters. The fraction of sp³-hybridized carbons (Fsp3) is 0.133. The van der Waals surface area contributed by atoms with Crippen LogP contribution >= 0.6 is 15.9 Å². The molecule has 2 aromatic rings. The Bertz CT molecular complexity index is 640. The monoisotopic (exact) mass is 321 g/mol. The predicted molar refractivity (Wildman–Crippen MR) is 78.0 cm³/mol. The van der Waals surface area contributed by atoms with Gasteiger partial charge in [0.05, 0.1) is 11.3 Å². The molecular weight excluding hydrogens is 309 g/mol. The molecule has 2 nitrogen and oxygen atoms in total. The van der Waals surface area contributed by atoms with E-state index in [0.717, 1.165) is 15.6 Å². The van der Waals surface area contributed by atoms with Gasteiger partial charge in [-0.3, -0.25) is 4.79 Å². The van der Waals surface area contributed by atoms with Crippen molar-refractivity contribution in [1.29, 1.82) is 0 Å². The molecule has 0 aliphatic rings. The fourth-order valence-electron chi connectivity index (χ4n) is 1.74. The number of hydrogen-bond donors (Lipinski definition) is 1. The summed E-state index contributed by atoms with van der Waals surface area (Å²) in [4.78, 5) is 12.1. The molecule has 0 aliphatic heterocycles. The zero-order chi connectivity index (χ0) is 14.0. The Hall–Kier alpha value is -1.68. The third kappa shape index (κ3) is 3.20. The van der Waals surface area contributed by atoms with Crippen LogP contribution in [0.25, 0.3) is 0 Å². The zero-order valence-corrected chi connectivity index (χ0v) is 12.2. The van der Waals surface area contributed by atoms with Crippen LogP contribution in [0.4, 0.5) is 10.1 Å². The number of carbonyl (C=O) groups is 1. The highest BCUT2D eigenvalue weighted by atomic mass is 79.9. The molecule has 0 aromatic heterocycles. The van der Waals surface area contributed by atoms with Crippen LogP contribution in [0.3, 0.4) is 0 Å². The highest BCUT2D eigenvalue weighted by Gasteiger charge is 2.13. The summed E-state index contributed by atoms with van der Waals surface area (Å²) in [6.45, 7) is 3.74. The van der Waals surface area contributed by atoms with E-state index in [4.69, 9.17) is 0 Å². The maximum absolute atomic E-state index is 13.6. The molecule has 1 amide bonds. The Kier molecular flexibility index (Phi) is 4.00. The number of rotatable bonds is 2. The lowest BCUT2D eigenvalue weighted by Gasteiger charge is -2.09. The van der Waals surface area contributed by atoms with E-state index < -0.39 is 11.7 Å². The molecule has 19 heavy (non-hydrogen) atoms. The van der Waals surface area contributed by atoms with Crippen LogP contribution in [-0.4, -0.2) is 5.91 Å². The predicted octanol–water partition coefficient (Wildman–Crippen LogP) is 4.46. The van der Waals surface area contributed by atoms with Crippen molar-refractivity contribution in [1.82, 2.24) is 0 Å². The van der Waals surface area contributed by atoms with Crippen LogP contribution in [0, 0.1) is 19.7 Å². The smallest absolute Gasteiger partial charge is 0.258 e. The first kappa shape index (κ1) is 13.7. The van der Waals surface area contributed by atoms with Crippen LogP contribution in [-0.2, 0) is 0 Å². The lowest BCUT2D eigenvalue weighted by Crippen LogP contribution is -2.14. The number of aryl methyl sites for hydroxylation is 2. The molecular formula is C15H13BrFNO. The highest BCUT2D eigenvalue weighted by Crippen LogP contribution is 2.24. The molecule has 0 aliphatic carbocycles. The molecule has 0 spiro atoms. The van der Waals surface area contributed by atoms with Crippen molar-refractivity contribution in [3.8, 4) is 0 Å². The average Bonchev–Trinajstić information content (AvgIpc) is 2.36. The SMILES string of the molecule is Cc1ccc(Br)c(NC(=O)c2cc(C)ccc2F)c1. The quantitative estimate of drug-likeness (QED) is 0.869. The molecule has 0 radical (unpaired) electrons. The van der Waals surface area contributed by atoms with Crippen molar-refractivity contribution in [3.63, 3.8) is 0 Å². The first-order valence-electron chi connectivity index (χ1n) is 5.81.